The van der Waals surface area contributed by atoms with Crippen molar-refractivity contribution in [1.82, 2.24) is 14.7 Å². The third kappa shape index (κ3) is 3.10. The maximum atomic E-state index is 12.1. The minimum Gasteiger partial charge on any atom is -0.382 e. The molecule has 0 saturated carbocycles. The van der Waals surface area contributed by atoms with Gasteiger partial charge in [0.25, 0.3) is 0 Å². The second-order valence-corrected chi connectivity index (χ2v) is 4.96. The van der Waals surface area contributed by atoms with E-state index >= 15 is 0 Å². The molecule has 0 bridgehead atoms. The Morgan fingerprint density at radius 2 is 2.39 bits per heavy atom. The number of hydrogen-bond donors (Lipinski definition) is 1. The lowest BCUT2D eigenvalue weighted by Gasteiger charge is -2.20. The quantitative estimate of drug-likeness (QED) is 0.891. The molecule has 1 amide bonds. The molecule has 18 heavy (non-hydrogen) atoms. The van der Waals surface area contributed by atoms with E-state index in [9.17, 15) is 4.79 Å². The molecule has 5 nitrogen and oxygen atoms in total. The summed E-state index contributed by atoms with van der Waals surface area (Å²) >= 11 is 1.66. The maximum absolute atomic E-state index is 12.1. The van der Waals surface area contributed by atoms with Crippen LogP contribution in [0.15, 0.2) is 29.8 Å². The number of carbonyl (C=O) groups excluding carboxylic acids is 1. The zero-order valence-electron chi connectivity index (χ0n) is 10.2. The number of aromatic nitrogens is 2. The molecule has 2 heterocycles. The number of nitrogens with two attached hydrogens (primary N) is 1. The molecule has 0 saturated heterocycles. The third-order valence-corrected chi connectivity index (χ3v) is 3.48. The highest BCUT2D eigenvalue weighted by Gasteiger charge is 2.13. The van der Waals surface area contributed by atoms with Crippen LogP contribution in [0.1, 0.15) is 11.8 Å². The summed E-state index contributed by atoms with van der Waals surface area (Å²) in [5, 5.41) is 6.03. The van der Waals surface area contributed by atoms with Crippen molar-refractivity contribution >= 4 is 23.1 Å². The summed E-state index contributed by atoms with van der Waals surface area (Å²) in [5.74, 6) is 0.484. The maximum Gasteiger partial charge on any atom is 0.244 e. The Balaban J connectivity index is 1.97. The lowest BCUT2D eigenvalue weighted by molar-refractivity contribution is -0.132. The van der Waals surface area contributed by atoms with Gasteiger partial charge in [0.1, 0.15) is 12.4 Å². The summed E-state index contributed by atoms with van der Waals surface area (Å²) in [4.78, 5) is 15.1. The Bertz CT molecular complexity index is 506. The fraction of sp³-hybridized carbons (Fsp3) is 0.333. The van der Waals surface area contributed by atoms with E-state index in [-0.39, 0.29) is 12.5 Å². The molecule has 6 heteroatoms. The first kappa shape index (κ1) is 12.6. The van der Waals surface area contributed by atoms with E-state index in [1.807, 2.05) is 29.3 Å². The third-order valence-electron chi connectivity index (χ3n) is 2.62. The van der Waals surface area contributed by atoms with Gasteiger partial charge in [-0.25, -0.2) is 0 Å². The van der Waals surface area contributed by atoms with E-state index in [2.05, 4.69) is 5.10 Å². The van der Waals surface area contributed by atoms with Crippen molar-refractivity contribution < 1.29 is 4.79 Å². The topological polar surface area (TPSA) is 64.2 Å². The molecule has 2 rings (SSSR count). The molecule has 0 radical (unpaired) electrons. The van der Waals surface area contributed by atoms with E-state index in [0.29, 0.717) is 18.9 Å². The molecular weight excluding hydrogens is 248 g/mol. The van der Waals surface area contributed by atoms with Crippen molar-refractivity contribution in [3.63, 3.8) is 0 Å². The number of likely N-dealkylation sites (N-methyl/N-ethyl adjacent to an activating group) is 1. The number of carbonyl (C=O) groups is 1. The smallest absolute Gasteiger partial charge is 0.244 e. The summed E-state index contributed by atoms with van der Waals surface area (Å²) in [6.45, 7) is 3.55. The molecule has 0 aliphatic rings. The number of nitrogens with zero attached hydrogens (tertiary/aromatic N) is 3. The van der Waals surface area contributed by atoms with Gasteiger partial charge in [-0.3, -0.25) is 9.48 Å². The largest absolute Gasteiger partial charge is 0.382 e. The number of hydrogen-bond acceptors (Lipinski definition) is 4. The highest BCUT2D eigenvalue weighted by Crippen LogP contribution is 2.12. The molecule has 2 N–H and O–H groups in total. The lowest BCUT2D eigenvalue weighted by Crippen LogP contribution is -2.33. The lowest BCUT2D eigenvalue weighted by atomic mass is 10.4. The van der Waals surface area contributed by atoms with Crippen molar-refractivity contribution in [1.29, 1.82) is 0 Å². The Labute approximate surface area is 110 Å². The molecule has 2 aromatic heterocycles. The van der Waals surface area contributed by atoms with Gasteiger partial charge >= 0.3 is 0 Å². The minimum atomic E-state index is 0.0500. The molecule has 96 valence electrons. The number of amides is 1. The van der Waals surface area contributed by atoms with Gasteiger partial charge in [-0.1, -0.05) is 6.07 Å². The van der Waals surface area contributed by atoms with Crippen molar-refractivity contribution in [2.24, 2.45) is 0 Å². The molecule has 0 spiro atoms. The van der Waals surface area contributed by atoms with Crippen molar-refractivity contribution in [3.05, 3.63) is 34.7 Å². The summed E-state index contributed by atoms with van der Waals surface area (Å²) in [6.07, 6.45) is 1.71. The van der Waals surface area contributed by atoms with Gasteiger partial charge in [0.05, 0.1) is 6.54 Å². The van der Waals surface area contributed by atoms with Gasteiger partial charge in [-0.2, -0.15) is 5.10 Å². The SMILES string of the molecule is CCN(Cc1cccs1)C(=O)Cn1ccc(N)n1. The van der Waals surface area contributed by atoms with Crippen molar-refractivity contribution in [3.8, 4) is 0 Å². The second-order valence-electron chi connectivity index (χ2n) is 3.93. The van der Waals surface area contributed by atoms with Crippen LogP contribution in [0, 0.1) is 0 Å². The Kier molecular flexibility index (Phi) is 3.99. The van der Waals surface area contributed by atoms with Crippen LogP contribution in [0.3, 0.4) is 0 Å². The standard InChI is InChI=1S/C12H16N4OS/c1-2-15(8-10-4-3-7-18-10)12(17)9-16-6-5-11(13)14-16/h3-7H,2,8-9H2,1H3,(H2,13,14). The number of anilines is 1. The van der Waals surface area contributed by atoms with Gasteiger partial charge in [0.2, 0.25) is 5.91 Å². The molecular formula is C12H16N4OS. The van der Waals surface area contributed by atoms with Crippen LogP contribution in [-0.2, 0) is 17.9 Å². The van der Waals surface area contributed by atoms with Crippen LogP contribution in [0.4, 0.5) is 5.82 Å². The van der Waals surface area contributed by atoms with Crippen LogP contribution in [0.25, 0.3) is 0 Å². The molecule has 0 unspecified atom stereocenters. The first-order valence-corrected chi connectivity index (χ1v) is 6.66. The number of thiophene rings is 1. The molecule has 0 atom stereocenters. The number of rotatable bonds is 5. The average Bonchev–Trinajstić information content (AvgIpc) is 2.97. The van der Waals surface area contributed by atoms with E-state index < -0.39 is 0 Å². The molecule has 2 aromatic rings. The van der Waals surface area contributed by atoms with E-state index in [0.717, 1.165) is 0 Å². The Morgan fingerprint density at radius 1 is 1.56 bits per heavy atom. The first-order valence-electron chi connectivity index (χ1n) is 5.78. The minimum absolute atomic E-state index is 0.0500. The molecule has 0 aliphatic carbocycles. The number of nitrogen functional groups attached to an aromatic ring is 1. The predicted octanol–water partition coefficient (Wildman–Crippen LogP) is 1.58. The van der Waals surface area contributed by atoms with E-state index in [1.165, 1.54) is 4.88 Å². The Hall–Kier alpha value is -1.82. The van der Waals surface area contributed by atoms with Crippen LogP contribution >= 0.6 is 11.3 Å². The van der Waals surface area contributed by atoms with E-state index in [1.54, 1.807) is 28.3 Å². The summed E-state index contributed by atoms with van der Waals surface area (Å²) in [5.41, 5.74) is 5.52. The fourth-order valence-corrected chi connectivity index (χ4v) is 2.39. The summed E-state index contributed by atoms with van der Waals surface area (Å²) in [6, 6.07) is 5.71. The zero-order chi connectivity index (χ0) is 13.0. The second kappa shape index (κ2) is 5.68. The van der Waals surface area contributed by atoms with Crippen molar-refractivity contribution in [2.75, 3.05) is 12.3 Å². The fourth-order valence-electron chi connectivity index (χ4n) is 1.67. The zero-order valence-corrected chi connectivity index (χ0v) is 11.1. The molecule has 0 aromatic carbocycles. The highest BCUT2D eigenvalue weighted by molar-refractivity contribution is 7.09. The van der Waals surface area contributed by atoms with Crippen LogP contribution < -0.4 is 5.73 Å². The van der Waals surface area contributed by atoms with Gasteiger partial charge in [-0.05, 0) is 24.4 Å². The van der Waals surface area contributed by atoms with Crippen LogP contribution in [0.2, 0.25) is 0 Å². The van der Waals surface area contributed by atoms with E-state index in [4.69, 9.17) is 5.73 Å². The van der Waals surface area contributed by atoms with Crippen LogP contribution in [-0.4, -0.2) is 27.1 Å². The summed E-state index contributed by atoms with van der Waals surface area (Å²) < 4.78 is 1.56. The molecule has 0 fully saturated rings. The highest BCUT2D eigenvalue weighted by atomic mass is 32.1. The predicted molar refractivity (Wildman–Crippen MR) is 72.0 cm³/mol. The molecule has 0 aliphatic heterocycles. The van der Waals surface area contributed by atoms with Gasteiger partial charge < -0.3 is 10.6 Å². The monoisotopic (exact) mass is 264 g/mol. The van der Waals surface area contributed by atoms with Crippen molar-refractivity contribution in [2.45, 2.75) is 20.0 Å². The first-order chi connectivity index (χ1) is 8.69. The Morgan fingerprint density at radius 3 is 2.94 bits per heavy atom. The average molecular weight is 264 g/mol. The van der Waals surface area contributed by atoms with Crippen LogP contribution in [0.5, 0.6) is 0 Å². The van der Waals surface area contributed by atoms with Gasteiger partial charge in [-0.15, -0.1) is 11.3 Å². The summed E-state index contributed by atoms with van der Waals surface area (Å²) in [7, 11) is 0. The van der Waals surface area contributed by atoms with Gasteiger partial charge in [0, 0.05) is 17.6 Å². The van der Waals surface area contributed by atoms with Gasteiger partial charge in [0.15, 0.2) is 0 Å². The normalized spacial score (nSPS) is 10.5.